The highest BCUT2D eigenvalue weighted by Gasteiger charge is 2.32. The summed E-state index contributed by atoms with van der Waals surface area (Å²) < 4.78 is 10.9. The van der Waals surface area contributed by atoms with Crippen molar-refractivity contribution < 1.29 is 19.4 Å². The highest BCUT2D eigenvalue weighted by atomic mass is 16.6. The Morgan fingerprint density at radius 2 is 2.04 bits per heavy atom. The number of hydrogen-bond donors (Lipinski definition) is 1. The van der Waals surface area contributed by atoms with Gasteiger partial charge in [0.1, 0.15) is 12.2 Å². The summed E-state index contributed by atoms with van der Waals surface area (Å²) in [6, 6.07) is -0.0266. The number of rotatable bonds is 4. The molecule has 1 aliphatic rings. The fourth-order valence-electron chi connectivity index (χ4n) is 2.52. The first kappa shape index (κ1) is 18.3. The van der Waals surface area contributed by atoms with Gasteiger partial charge in [0.15, 0.2) is 5.82 Å². The molecule has 1 atom stereocenters. The second kappa shape index (κ2) is 7.65. The first-order valence-electron chi connectivity index (χ1n) is 8.11. The Kier molecular flexibility index (Phi) is 5.82. The summed E-state index contributed by atoms with van der Waals surface area (Å²) >= 11 is 0. The molecule has 0 radical (unpaired) electrons. The van der Waals surface area contributed by atoms with Crippen LogP contribution in [0.4, 0.5) is 10.6 Å². The maximum atomic E-state index is 12.3. The number of carbonyl (C=O) groups is 1. The molecule has 134 valence electrons. The summed E-state index contributed by atoms with van der Waals surface area (Å²) in [6.45, 7) is 9.37. The number of aliphatic hydroxyl groups excluding tert-OH is 1. The number of hydrogen-bond acceptors (Lipinski definition) is 7. The molecule has 1 unspecified atom stereocenters. The van der Waals surface area contributed by atoms with E-state index < -0.39 is 5.60 Å². The molecule has 1 saturated heterocycles. The maximum Gasteiger partial charge on any atom is 0.410 e. The summed E-state index contributed by atoms with van der Waals surface area (Å²) in [5.74, 6) is 1.02. The second-order valence-corrected chi connectivity index (χ2v) is 6.73. The van der Waals surface area contributed by atoms with E-state index in [2.05, 4.69) is 9.97 Å². The Balaban J connectivity index is 2.04. The normalized spacial score (nSPS) is 18.5. The molecule has 0 aliphatic carbocycles. The van der Waals surface area contributed by atoms with Gasteiger partial charge in [0.25, 0.3) is 5.88 Å². The van der Waals surface area contributed by atoms with Crippen LogP contribution in [-0.2, 0) is 4.74 Å². The SMILES string of the molecule is CC1CN(c2nccnc2OCCO)CCN1C(=O)OC(C)(C)C. The van der Waals surface area contributed by atoms with Gasteiger partial charge >= 0.3 is 6.09 Å². The molecular weight excluding hydrogens is 312 g/mol. The van der Waals surface area contributed by atoms with Gasteiger partial charge in [-0.25, -0.2) is 14.8 Å². The number of aliphatic hydroxyl groups is 1. The lowest BCUT2D eigenvalue weighted by atomic mass is 10.2. The molecular formula is C16H26N4O4. The van der Waals surface area contributed by atoms with E-state index in [1.807, 2.05) is 32.6 Å². The van der Waals surface area contributed by atoms with Crippen LogP contribution in [0.15, 0.2) is 12.4 Å². The van der Waals surface area contributed by atoms with Gasteiger partial charge in [-0.05, 0) is 27.7 Å². The van der Waals surface area contributed by atoms with E-state index in [4.69, 9.17) is 14.6 Å². The minimum Gasteiger partial charge on any atom is -0.473 e. The molecule has 0 spiro atoms. The minimum atomic E-state index is -0.510. The van der Waals surface area contributed by atoms with E-state index in [9.17, 15) is 4.79 Å². The van der Waals surface area contributed by atoms with Gasteiger partial charge in [-0.3, -0.25) is 0 Å². The first-order valence-corrected chi connectivity index (χ1v) is 8.11. The van der Waals surface area contributed by atoms with Crippen LogP contribution in [0, 0.1) is 0 Å². The molecule has 0 bridgehead atoms. The predicted molar refractivity (Wildman–Crippen MR) is 89.2 cm³/mol. The summed E-state index contributed by atoms with van der Waals surface area (Å²) in [4.78, 5) is 24.6. The molecule has 1 fully saturated rings. The lowest BCUT2D eigenvalue weighted by molar-refractivity contribution is 0.0158. The Labute approximate surface area is 142 Å². The van der Waals surface area contributed by atoms with Crippen LogP contribution in [0.1, 0.15) is 27.7 Å². The van der Waals surface area contributed by atoms with Crippen LogP contribution in [-0.4, -0.2) is 70.6 Å². The van der Waals surface area contributed by atoms with Gasteiger partial charge in [-0.1, -0.05) is 0 Å². The topological polar surface area (TPSA) is 88.0 Å². The first-order chi connectivity index (χ1) is 11.3. The van der Waals surface area contributed by atoms with Crippen LogP contribution in [0.3, 0.4) is 0 Å². The third-order valence-corrected chi connectivity index (χ3v) is 3.53. The van der Waals surface area contributed by atoms with Crippen molar-refractivity contribution >= 4 is 11.9 Å². The monoisotopic (exact) mass is 338 g/mol. The van der Waals surface area contributed by atoms with Crippen molar-refractivity contribution in [3.63, 3.8) is 0 Å². The molecule has 0 saturated carbocycles. The van der Waals surface area contributed by atoms with E-state index in [1.54, 1.807) is 17.3 Å². The van der Waals surface area contributed by atoms with Gasteiger partial charge in [0.05, 0.1) is 6.61 Å². The standard InChI is InChI=1S/C16H26N4O4/c1-12-11-19(7-8-20(12)15(22)24-16(2,3)4)13-14(23-10-9-21)18-6-5-17-13/h5-6,12,21H,7-11H2,1-4H3. The Morgan fingerprint density at radius 1 is 1.33 bits per heavy atom. The molecule has 1 N–H and O–H groups in total. The number of piperazine rings is 1. The average molecular weight is 338 g/mol. The summed E-state index contributed by atoms with van der Waals surface area (Å²) in [6.07, 6.45) is 2.85. The van der Waals surface area contributed by atoms with Crippen molar-refractivity contribution in [2.24, 2.45) is 0 Å². The van der Waals surface area contributed by atoms with Crippen LogP contribution in [0.5, 0.6) is 5.88 Å². The Morgan fingerprint density at radius 3 is 2.67 bits per heavy atom. The highest BCUT2D eigenvalue weighted by Crippen LogP contribution is 2.25. The number of ether oxygens (including phenoxy) is 2. The molecule has 2 rings (SSSR count). The van der Waals surface area contributed by atoms with Crippen LogP contribution >= 0.6 is 0 Å². The molecule has 1 aromatic rings. The van der Waals surface area contributed by atoms with Crippen LogP contribution in [0.2, 0.25) is 0 Å². The average Bonchev–Trinajstić information content (AvgIpc) is 2.51. The van der Waals surface area contributed by atoms with Crippen molar-refractivity contribution in [1.82, 2.24) is 14.9 Å². The van der Waals surface area contributed by atoms with Gasteiger partial charge in [-0.2, -0.15) is 0 Å². The van der Waals surface area contributed by atoms with Crippen molar-refractivity contribution in [2.45, 2.75) is 39.3 Å². The third kappa shape index (κ3) is 4.70. The zero-order chi connectivity index (χ0) is 17.7. The van der Waals surface area contributed by atoms with E-state index >= 15 is 0 Å². The van der Waals surface area contributed by atoms with Crippen molar-refractivity contribution in [2.75, 3.05) is 37.7 Å². The van der Waals surface area contributed by atoms with Gasteiger partial charge in [0, 0.05) is 38.1 Å². The van der Waals surface area contributed by atoms with Crippen molar-refractivity contribution in [3.05, 3.63) is 12.4 Å². The smallest absolute Gasteiger partial charge is 0.410 e. The fraction of sp³-hybridized carbons (Fsp3) is 0.688. The lowest BCUT2D eigenvalue weighted by Gasteiger charge is -2.40. The Bertz CT molecular complexity index is 561. The minimum absolute atomic E-state index is 0.0266. The molecule has 8 nitrogen and oxygen atoms in total. The number of amides is 1. The fourth-order valence-corrected chi connectivity index (χ4v) is 2.52. The van der Waals surface area contributed by atoms with E-state index in [1.165, 1.54) is 0 Å². The number of aromatic nitrogens is 2. The molecule has 24 heavy (non-hydrogen) atoms. The number of carbonyl (C=O) groups excluding carboxylic acids is 1. The molecule has 8 heteroatoms. The highest BCUT2D eigenvalue weighted by molar-refractivity contribution is 5.69. The van der Waals surface area contributed by atoms with Gasteiger partial charge in [-0.15, -0.1) is 0 Å². The van der Waals surface area contributed by atoms with Crippen molar-refractivity contribution in [1.29, 1.82) is 0 Å². The summed E-state index contributed by atoms with van der Waals surface area (Å²) in [7, 11) is 0. The lowest BCUT2D eigenvalue weighted by Crippen LogP contribution is -2.55. The molecule has 1 amide bonds. The molecule has 1 aliphatic heterocycles. The number of anilines is 1. The zero-order valence-corrected chi connectivity index (χ0v) is 14.7. The van der Waals surface area contributed by atoms with E-state index in [-0.39, 0.29) is 25.3 Å². The number of nitrogens with zero attached hydrogens (tertiary/aromatic N) is 4. The maximum absolute atomic E-state index is 12.3. The van der Waals surface area contributed by atoms with Crippen LogP contribution in [0.25, 0.3) is 0 Å². The summed E-state index contributed by atoms with van der Waals surface area (Å²) in [5.41, 5.74) is -0.510. The third-order valence-electron chi connectivity index (χ3n) is 3.53. The van der Waals surface area contributed by atoms with E-state index in [0.717, 1.165) is 0 Å². The van der Waals surface area contributed by atoms with Gasteiger partial charge < -0.3 is 24.4 Å². The van der Waals surface area contributed by atoms with E-state index in [0.29, 0.717) is 31.3 Å². The van der Waals surface area contributed by atoms with Crippen LogP contribution < -0.4 is 9.64 Å². The predicted octanol–water partition coefficient (Wildman–Crippen LogP) is 1.29. The quantitative estimate of drug-likeness (QED) is 0.885. The van der Waals surface area contributed by atoms with Crippen molar-refractivity contribution in [3.8, 4) is 5.88 Å². The zero-order valence-electron chi connectivity index (χ0n) is 14.7. The molecule has 2 heterocycles. The summed E-state index contributed by atoms with van der Waals surface area (Å²) in [5, 5.41) is 8.91. The molecule has 1 aromatic heterocycles. The molecule has 0 aromatic carbocycles. The largest absolute Gasteiger partial charge is 0.473 e. The van der Waals surface area contributed by atoms with Gasteiger partial charge in [0.2, 0.25) is 0 Å². The Hall–Kier alpha value is -2.09. The second-order valence-electron chi connectivity index (χ2n) is 6.73.